The van der Waals surface area contributed by atoms with Crippen LogP contribution in [0.25, 0.3) is 0 Å². The third kappa shape index (κ3) is 5.13. The smallest absolute Gasteiger partial charge is 0.230 e. The van der Waals surface area contributed by atoms with E-state index in [1.54, 1.807) is 24.3 Å². The van der Waals surface area contributed by atoms with Gasteiger partial charge in [0.05, 0.1) is 6.42 Å². The zero-order valence-corrected chi connectivity index (χ0v) is 12.5. The fraction of sp³-hybridized carbons (Fsp3) is 0.0667. The number of nitrogens with one attached hydrogen (secondary N) is 2. The van der Waals surface area contributed by atoms with Crippen LogP contribution in [0.1, 0.15) is 5.56 Å². The van der Waals surface area contributed by atoms with Gasteiger partial charge in [0.25, 0.3) is 0 Å². The van der Waals surface area contributed by atoms with Crippen LogP contribution >= 0.6 is 23.8 Å². The van der Waals surface area contributed by atoms with Crippen LogP contribution < -0.4 is 10.6 Å². The van der Waals surface area contributed by atoms with Gasteiger partial charge in [0, 0.05) is 10.7 Å². The molecule has 0 heterocycles. The maximum Gasteiger partial charge on any atom is 0.230 e. The average Bonchev–Trinajstić information content (AvgIpc) is 2.44. The van der Waals surface area contributed by atoms with Crippen molar-refractivity contribution in [3.63, 3.8) is 0 Å². The third-order valence-electron chi connectivity index (χ3n) is 2.63. The summed E-state index contributed by atoms with van der Waals surface area (Å²) < 4.78 is 12.8. The summed E-state index contributed by atoms with van der Waals surface area (Å²) in [6, 6.07) is 12.7. The van der Waals surface area contributed by atoms with Gasteiger partial charge in [0.1, 0.15) is 5.82 Å². The summed E-state index contributed by atoms with van der Waals surface area (Å²) in [4.78, 5) is 11.8. The van der Waals surface area contributed by atoms with Crippen molar-refractivity contribution in [2.75, 3.05) is 5.32 Å². The van der Waals surface area contributed by atoms with E-state index in [9.17, 15) is 9.18 Å². The van der Waals surface area contributed by atoms with Crippen LogP contribution in [0, 0.1) is 5.82 Å². The highest BCUT2D eigenvalue weighted by Crippen LogP contribution is 2.10. The zero-order valence-electron chi connectivity index (χ0n) is 10.9. The first-order valence-electron chi connectivity index (χ1n) is 6.14. The Hall–Kier alpha value is -1.98. The zero-order chi connectivity index (χ0) is 15.2. The lowest BCUT2D eigenvalue weighted by Gasteiger charge is -2.09. The van der Waals surface area contributed by atoms with E-state index in [2.05, 4.69) is 10.6 Å². The Morgan fingerprint density at radius 1 is 1.10 bits per heavy atom. The topological polar surface area (TPSA) is 41.1 Å². The van der Waals surface area contributed by atoms with E-state index in [-0.39, 0.29) is 23.3 Å². The van der Waals surface area contributed by atoms with Crippen molar-refractivity contribution in [3.05, 3.63) is 64.9 Å². The SMILES string of the molecule is O=C(Cc1ccc(Cl)cc1)NC(=S)Nc1ccc(F)cc1. The molecule has 2 aromatic rings. The Morgan fingerprint density at radius 2 is 1.71 bits per heavy atom. The van der Waals surface area contributed by atoms with Crippen LogP contribution in [0.2, 0.25) is 5.02 Å². The van der Waals surface area contributed by atoms with E-state index in [4.69, 9.17) is 23.8 Å². The van der Waals surface area contributed by atoms with Crippen molar-refractivity contribution in [1.29, 1.82) is 0 Å². The molecule has 21 heavy (non-hydrogen) atoms. The predicted octanol–water partition coefficient (Wildman–Crippen LogP) is 3.53. The van der Waals surface area contributed by atoms with Gasteiger partial charge in [-0.2, -0.15) is 0 Å². The van der Waals surface area contributed by atoms with Crippen molar-refractivity contribution in [2.24, 2.45) is 0 Å². The fourth-order valence-corrected chi connectivity index (χ4v) is 2.01. The second-order valence-electron chi connectivity index (χ2n) is 4.31. The molecule has 0 unspecified atom stereocenters. The fourth-order valence-electron chi connectivity index (χ4n) is 1.65. The number of rotatable bonds is 3. The minimum Gasteiger partial charge on any atom is -0.332 e. The molecule has 0 aromatic heterocycles. The molecule has 0 saturated carbocycles. The van der Waals surface area contributed by atoms with Crippen molar-refractivity contribution in [2.45, 2.75) is 6.42 Å². The Balaban J connectivity index is 1.85. The molecule has 0 aliphatic rings. The van der Waals surface area contributed by atoms with Crippen LogP contribution in [-0.2, 0) is 11.2 Å². The highest BCUT2D eigenvalue weighted by atomic mass is 35.5. The summed E-state index contributed by atoms with van der Waals surface area (Å²) >= 11 is 10.8. The van der Waals surface area contributed by atoms with Crippen molar-refractivity contribution < 1.29 is 9.18 Å². The van der Waals surface area contributed by atoms with E-state index < -0.39 is 0 Å². The number of hydrogen-bond acceptors (Lipinski definition) is 2. The number of amides is 1. The maximum absolute atomic E-state index is 12.8. The summed E-state index contributed by atoms with van der Waals surface area (Å²) in [5.41, 5.74) is 1.44. The molecule has 0 atom stereocenters. The van der Waals surface area contributed by atoms with Crippen LogP contribution in [0.5, 0.6) is 0 Å². The molecule has 3 nitrogen and oxygen atoms in total. The summed E-state index contributed by atoms with van der Waals surface area (Å²) in [5.74, 6) is -0.574. The number of benzene rings is 2. The normalized spacial score (nSPS) is 10.0. The minimum absolute atomic E-state index is 0.167. The largest absolute Gasteiger partial charge is 0.332 e. The average molecular weight is 323 g/mol. The highest BCUT2D eigenvalue weighted by Gasteiger charge is 2.06. The molecule has 0 spiro atoms. The Morgan fingerprint density at radius 3 is 2.33 bits per heavy atom. The van der Waals surface area contributed by atoms with Crippen LogP contribution in [0.3, 0.4) is 0 Å². The summed E-state index contributed by atoms with van der Waals surface area (Å²) in [6.45, 7) is 0. The van der Waals surface area contributed by atoms with E-state index in [1.165, 1.54) is 24.3 Å². The van der Waals surface area contributed by atoms with Gasteiger partial charge in [-0.15, -0.1) is 0 Å². The molecule has 2 N–H and O–H groups in total. The molecule has 0 fully saturated rings. The second kappa shape index (κ2) is 7.15. The van der Waals surface area contributed by atoms with Gasteiger partial charge in [-0.05, 0) is 54.2 Å². The summed E-state index contributed by atoms with van der Waals surface area (Å²) in [6.07, 6.45) is 0.197. The number of thiocarbonyl (C=S) groups is 1. The van der Waals surface area contributed by atoms with Crippen molar-refractivity contribution >= 4 is 40.5 Å². The molecule has 0 bridgehead atoms. The quantitative estimate of drug-likeness (QED) is 0.849. The summed E-state index contributed by atoms with van der Waals surface area (Å²) in [5, 5.41) is 6.15. The lowest BCUT2D eigenvalue weighted by atomic mass is 10.1. The molecule has 6 heteroatoms. The molecule has 2 rings (SSSR count). The molecule has 0 saturated heterocycles. The second-order valence-corrected chi connectivity index (χ2v) is 5.16. The van der Waals surface area contributed by atoms with Gasteiger partial charge in [-0.1, -0.05) is 23.7 Å². The number of hydrogen-bond donors (Lipinski definition) is 2. The van der Waals surface area contributed by atoms with E-state index >= 15 is 0 Å². The first-order valence-corrected chi connectivity index (χ1v) is 6.92. The maximum atomic E-state index is 12.8. The Kier molecular flexibility index (Phi) is 5.25. The number of carbonyl (C=O) groups is 1. The van der Waals surface area contributed by atoms with Gasteiger partial charge < -0.3 is 10.6 Å². The molecule has 1 amide bonds. The van der Waals surface area contributed by atoms with Crippen LogP contribution in [0.15, 0.2) is 48.5 Å². The summed E-state index contributed by atoms with van der Waals surface area (Å²) in [7, 11) is 0. The molecular weight excluding hydrogens is 311 g/mol. The van der Waals surface area contributed by atoms with Gasteiger partial charge >= 0.3 is 0 Å². The molecule has 0 aliphatic carbocycles. The van der Waals surface area contributed by atoms with Gasteiger partial charge in [0.15, 0.2) is 5.11 Å². The highest BCUT2D eigenvalue weighted by molar-refractivity contribution is 7.80. The molecule has 0 radical (unpaired) electrons. The molecule has 2 aromatic carbocycles. The standard InChI is InChI=1S/C15H12ClFN2OS/c16-11-3-1-10(2-4-11)9-14(20)19-15(21)18-13-7-5-12(17)6-8-13/h1-8H,9H2,(H2,18,19,20,21). The minimum atomic E-state index is -0.335. The van der Waals surface area contributed by atoms with Crippen molar-refractivity contribution in [3.8, 4) is 0 Å². The van der Waals surface area contributed by atoms with Gasteiger partial charge in [0.2, 0.25) is 5.91 Å². The van der Waals surface area contributed by atoms with Crippen molar-refractivity contribution in [1.82, 2.24) is 5.32 Å². The van der Waals surface area contributed by atoms with E-state index in [1.807, 2.05) is 0 Å². The van der Waals surface area contributed by atoms with Gasteiger partial charge in [-0.25, -0.2) is 4.39 Å². The Bertz CT molecular complexity index is 586. The monoisotopic (exact) mass is 322 g/mol. The number of carbonyl (C=O) groups excluding carboxylic acids is 1. The molecule has 0 aliphatic heterocycles. The number of anilines is 1. The lowest BCUT2D eigenvalue weighted by Crippen LogP contribution is -2.35. The van der Waals surface area contributed by atoms with E-state index in [0.29, 0.717) is 10.7 Å². The predicted molar refractivity (Wildman–Crippen MR) is 85.9 cm³/mol. The molecule has 108 valence electrons. The van der Waals surface area contributed by atoms with Gasteiger partial charge in [-0.3, -0.25) is 4.79 Å². The number of halogens is 2. The Labute approximate surface area is 132 Å². The van der Waals surface area contributed by atoms with Crippen LogP contribution in [-0.4, -0.2) is 11.0 Å². The van der Waals surface area contributed by atoms with Crippen LogP contribution in [0.4, 0.5) is 10.1 Å². The first-order chi connectivity index (χ1) is 10.0. The third-order valence-corrected chi connectivity index (χ3v) is 3.09. The first kappa shape index (κ1) is 15.4. The lowest BCUT2D eigenvalue weighted by molar-refractivity contribution is -0.119. The molecular formula is C15H12ClFN2OS. The van der Waals surface area contributed by atoms with E-state index in [0.717, 1.165) is 5.56 Å².